The number of hydrogen-bond acceptors (Lipinski definition) is 4. The molecule has 0 aliphatic carbocycles. The fourth-order valence-electron chi connectivity index (χ4n) is 0.715. The van der Waals surface area contributed by atoms with E-state index in [9.17, 15) is 5.11 Å². The van der Waals surface area contributed by atoms with Crippen molar-refractivity contribution in [3.63, 3.8) is 0 Å². The van der Waals surface area contributed by atoms with Crippen molar-refractivity contribution in [2.75, 3.05) is 0 Å². The molecule has 62 valence electrons. The Bertz CT molecular complexity index is 232. The lowest BCUT2D eigenvalue weighted by Gasteiger charge is -2.08. The van der Waals surface area contributed by atoms with Gasteiger partial charge in [0.15, 0.2) is 0 Å². The molecule has 0 amide bonds. The van der Waals surface area contributed by atoms with E-state index in [1.54, 1.807) is 7.05 Å². The molecular formula is C6H12N4O. The highest BCUT2D eigenvalue weighted by Crippen LogP contribution is 2.15. The van der Waals surface area contributed by atoms with Gasteiger partial charge in [-0.25, -0.2) is 0 Å². The van der Waals surface area contributed by atoms with Crippen molar-refractivity contribution in [3.8, 4) is 0 Å². The van der Waals surface area contributed by atoms with Crippen LogP contribution in [0.15, 0.2) is 0 Å². The Hall–Kier alpha value is -0.970. The van der Waals surface area contributed by atoms with Crippen LogP contribution in [0.1, 0.15) is 25.8 Å². The van der Waals surface area contributed by atoms with E-state index in [0.717, 1.165) is 0 Å². The summed E-state index contributed by atoms with van der Waals surface area (Å²) in [5, 5.41) is 20.6. The lowest BCUT2D eigenvalue weighted by Crippen LogP contribution is -2.07. The number of rotatable bonds is 2. The van der Waals surface area contributed by atoms with Gasteiger partial charge in [0, 0.05) is 0 Å². The predicted octanol–water partition coefficient (Wildman–Crippen LogP) is -0.100. The Morgan fingerprint density at radius 1 is 1.45 bits per heavy atom. The number of aromatic nitrogens is 4. The number of aryl methyl sites for hydroxylation is 1. The predicted molar refractivity (Wildman–Crippen MR) is 38.6 cm³/mol. The first-order chi connectivity index (χ1) is 5.11. The summed E-state index contributed by atoms with van der Waals surface area (Å²) in [5.74, 6) is 0.515. The van der Waals surface area contributed by atoms with E-state index >= 15 is 0 Å². The molecular weight excluding hydrogens is 144 g/mol. The third-order valence-corrected chi connectivity index (χ3v) is 1.42. The molecule has 0 radical (unpaired) electrons. The van der Waals surface area contributed by atoms with Gasteiger partial charge in [-0.05, 0) is 11.1 Å². The maximum Gasteiger partial charge on any atom is 0.203 e. The standard InChI is InChI=1S/C6H12N4O/c1-4(2)5(11)6-7-9-10(3)8-6/h4-5,11H,1-3H3. The van der Waals surface area contributed by atoms with Gasteiger partial charge in [0.1, 0.15) is 6.10 Å². The summed E-state index contributed by atoms with van der Waals surface area (Å²) < 4.78 is 0. The van der Waals surface area contributed by atoms with Crippen LogP contribution in [0.2, 0.25) is 0 Å². The van der Waals surface area contributed by atoms with Crippen LogP contribution in [-0.2, 0) is 7.05 Å². The number of nitrogens with zero attached hydrogens (tertiary/aromatic N) is 4. The van der Waals surface area contributed by atoms with Crippen molar-refractivity contribution < 1.29 is 5.11 Å². The molecule has 1 atom stereocenters. The van der Waals surface area contributed by atoms with E-state index in [2.05, 4.69) is 15.4 Å². The fraction of sp³-hybridized carbons (Fsp3) is 0.833. The van der Waals surface area contributed by atoms with Gasteiger partial charge in [0.05, 0.1) is 7.05 Å². The van der Waals surface area contributed by atoms with Gasteiger partial charge < -0.3 is 5.11 Å². The highest BCUT2D eigenvalue weighted by atomic mass is 16.3. The normalized spacial score (nSPS) is 13.9. The molecule has 0 bridgehead atoms. The van der Waals surface area contributed by atoms with E-state index in [4.69, 9.17) is 0 Å². The average Bonchev–Trinajstić information content (AvgIpc) is 2.34. The summed E-state index contributed by atoms with van der Waals surface area (Å²) in [7, 11) is 1.67. The number of aliphatic hydroxyl groups excluding tert-OH is 1. The zero-order chi connectivity index (χ0) is 8.43. The van der Waals surface area contributed by atoms with Gasteiger partial charge in [-0.3, -0.25) is 0 Å². The van der Waals surface area contributed by atoms with E-state index in [0.29, 0.717) is 5.82 Å². The molecule has 5 nitrogen and oxygen atoms in total. The zero-order valence-corrected chi connectivity index (χ0v) is 6.89. The maximum absolute atomic E-state index is 9.43. The van der Waals surface area contributed by atoms with E-state index in [1.807, 2.05) is 13.8 Å². The third kappa shape index (κ3) is 1.74. The van der Waals surface area contributed by atoms with Crippen LogP contribution < -0.4 is 0 Å². The Morgan fingerprint density at radius 3 is 2.45 bits per heavy atom. The first kappa shape index (κ1) is 8.13. The largest absolute Gasteiger partial charge is 0.385 e. The molecule has 0 spiro atoms. The van der Waals surface area contributed by atoms with Crippen molar-refractivity contribution in [1.82, 2.24) is 20.2 Å². The van der Waals surface area contributed by atoms with Crippen LogP contribution in [0.5, 0.6) is 0 Å². The lowest BCUT2D eigenvalue weighted by atomic mass is 10.1. The summed E-state index contributed by atoms with van der Waals surface area (Å²) in [4.78, 5) is 1.33. The minimum atomic E-state index is -0.608. The van der Waals surface area contributed by atoms with Gasteiger partial charge in [-0.15, -0.1) is 10.2 Å². The second kappa shape index (κ2) is 2.96. The zero-order valence-electron chi connectivity index (χ0n) is 6.89. The Balaban J connectivity index is 2.76. The Kier molecular flexibility index (Phi) is 2.19. The second-order valence-corrected chi connectivity index (χ2v) is 2.83. The molecule has 0 aromatic carbocycles. The van der Waals surface area contributed by atoms with Crippen LogP contribution in [0.3, 0.4) is 0 Å². The van der Waals surface area contributed by atoms with Gasteiger partial charge >= 0.3 is 0 Å². The van der Waals surface area contributed by atoms with Crippen molar-refractivity contribution in [2.45, 2.75) is 20.0 Å². The van der Waals surface area contributed by atoms with Crippen LogP contribution in [-0.4, -0.2) is 25.3 Å². The molecule has 11 heavy (non-hydrogen) atoms. The first-order valence-corrected chi connectivity index (χ1v) is 3.53. The SMILES string of the molecule is CC(C)C(O)c1nnn(C)n1. The number of tetrazole rings is 1. The minimum absolute atomic E-state index is 0.124. The summed E-state index contributed by atoms with van der Waals surface area (Å²) in [6.45, 7) is 3.81. The molecule has 0 saturated carbocycles. The topological polar surface area (TPSA) is 63.8 Å². The quantitative estimate of drug-likeness (QED) is 0.649. The van der Waals surface area contributed by atoms with Gasteiger partial charge in [-0.1, -0.05) is 13.8 Å². The Labute approximate surface area is 65.0 Å². The first-order valence-electron chi connectivity index (χ1n) is 3.53. The molecule has 0 aliphatic rings. The molecule has 0 saturated heterocycles. The molecule has 1 unspecified atom stereocenters. The summed E-state index contributed by atoms with van der Waals surface area (Å²) in [6.07, 6.45) is -0.608. The molecule has 0 aliphatic heterocycles. The van der Waals surface area contributed by atoms with Gasteiger partial charge in [0.2, 0.25) is 5.82 Å². The third-order valence-electron chi connectivity index (χ3n) is 1.42. The smallest absolute Gasteiger partial charge is 0.203 e. The van der Waals surface area contributed by atoms with Crippen molar-refractivity contribution in [2.24, 2.45) is 13.0 Å². The van der Waals surface area contributed by atoms with Crippen molar-refractivity contribution in [1.29, 1.82) is 0 Å². The van der Waals surface area contributed by atoms with Crippen LogP contribution >= 0.6 is 0 Å². The van der Waals surface area contributed by atoms with E-state index in [-0.39, 0.29) is 5.92 Å². The monoisotopic (exact) mass is 156 g/mol. The average molecular weight is 156 g/mol. The van der Waals surface area contributed by atoms with Crippen molar-refractivity contribution >= 4 is 0 Å². The molecule has 1 aromatic heterocycles. The summed E-state index contributed by atoms with van der Waals surface area (Å²) >= 11 is 0. The van der Waals surface area contributed by atoms with Gasteiger partial charge in [-0.2, -0.15) is 4.80 Å². The van der Waals surface area contributed by atoms with Gasteiger partial charge in [0.25, 0.3) is 0 Å². The lowest BCUT2D eigenvalue weighted by molar-refractivity contribution is 0.117. The minimum Gasteiger partial charge on any atom is -0.385 e. The molecule has 1 aromatic rings. The number of aliphatic hydroxyl groups is 1. The molecule has 5 heteroatoms. The highest BCUT2D eigenvalue weighted by Gasteiger charge is 2.16. The van der Waals surface area contributed by atoms with E-state index < -0.39 is 6.10 Å². The number of hydrogen-bond donors (Lipinski definition) is 1. The summed E-state index contributed by atoms with van der Waals surface area (Å²) in [5.41, 5.74) is 0. The molecule has 0 fully saturated rings. The van der Waals surface area contributed by atoms with Crippen LogP contribution in [0.25, 0.3) is 0 Å². The highest BCUT2D eigenvalue weighted by molar-refractivity contribution is 4.85. The van der Waals surface area contributed by atoms with Crippen molar-refractivity contribution in [3.05, 3.63) is 5.82 Å². The van der Waals surface area contributed by atoms with E-state index in [1.165, 1.54) is 4.80 Å². The molecule has 1 rings (SSSR count). The molecule has 1 heterocycles. The van der Waals surface area contributed by atoms with Crippen LogP contribution in [0.4, 0.5) is 0 Å². The van der Waals surface area contributed by atoms with Crippen LogP contribution in [0, 0.1) is 5.92 Å². The maximum atomic E-state index is 9.43. The second-order valence-electron chi connectivity index (χ2n) is 2.83. The Morgan fingerprint density at radius 2 is 2.09 bits per heavy atom. The molecule has 1 N–H and O–H groups in total. The fourth-order valence-corrected chi connectivity index (χ4v) is 0.715. The summed E-state index contributed by atoms with van der Waals surface area (Å²) in [6, 6.07) is 0.